The monoisotopic (exact) mass is 218 g/mol. The minimum Gasteiger partial charge on any atom is -0.366 e. The molecule has 1 aliphatic heterocycles. The molecule has 2 nitrogen and oxygen atoms in total. The van der Waals surface area contributed by atoms with Gasteiger partial charge in [-0.3, -0.25) is 0 Å². The summed E-state index contributed by atoms with van der Waals surface area (Å²) in [6, 6.07) is 12.1. The molecule has 0 saturated carbocycles. The van der Waals surface area contributed by atoms with E-state index in [2.05, 4.69) is 54.4 Å². The minimum atomic E-state index is 0.642. The van der Waals surface area contributed by atoms with Crippen LogP contribution in [0.2, 0.25) is 0 Å². The van der Waals surface area contributed by atoms with Crippen LogP contribution in [0.1, 0.15) is 26.7 Å². The number of hydrogen-bond acceptors (Lipinski definition) is 2. The zero-order valence-corrected chi connectivity index (χ0v) is 10.3. The number of benzene rings is 1. The number of para-hydroxylation sites is 1. The number of rotatable bonds is 3. The molecule has 1 heterocycles. The molecule has 0 bridgehead atoms. The molecule has 2 heteroatoms. The lowest BCUT2D eigenvalue weighted by Gasteiger charge is -2.41. The first-order valence-electron chi connectivity index (χ1n) is 6.40. The minimum absolute atomic E-state index is 0.642. The quantitative estimate of drug-likeness (QED) is 0.839. The van der Waals surface area contributed by atoms with Crippen molar-refractivity contribution in [2.75, 3.05) is 18.0 Å². The first kappa shape index (κ1) is 11.5. The number of hydrogen-bond donors (Lipinski definition) is 1. The molecule has 1 aliphatic rings. The van der Waals surface area contributed by atoms with Crippen LogP contribution in [0, 0.1) is 0 Å². The first-order valence-corrected chi connectivity index (χ1v) is 6.40. The molecule has 2 rings (SSSR count). The van der Waals surface area contributed by atoms with Crippen molar-refractivity contribution in [3.05, 3.63) is 30.3 Å². The lowest BCUT2D eigenvalue weighted by Crippen LogP contribution is -2.56. The van der Waals surface area contributed by atoms with Gasteiger partial charge in [0.2, 0.25) is 0 Å². The van der Waals surface area contributed by atoms with Crippen molar-refractivity contribution in [3.8, 4) is 0 Å². The van der Waals surface area contributed by atoms with E-state index in [1.165, 1.54) is 18.5 Å². The van der Waals surface area contributed by atoms with E-state index in [-0.39, 0.29) is 0 Å². The highest BCUT2D eigenvalue weighted by Crippen LogP contribution is 2.21. The van der Waals surface area contributed by atoms with E-state index in [4.69, 9.17) is 0 Å². The van der Waals surface area contributed by atoms with Crippen molar-refractivity contribution < 1.29 is 0 Å². The second-order valence-corrected chi connectivity index (χ2v) is 4.56. The maximum atomic E-state index is 3.63. The van der Waals surface area contributed by atoms with E-state index >= 15 is 0 Å². The second-order valence-electron chi connectivity index (χ2n) is 4.56. The maximum absolute atomic E-state index is 3.63. The van der Waals surface area contributed by atoms with Crippen LogP contribution in [0.3, 0.4) is 0 Å². The third kappa shape index (κ3) is 2.38. The lowest BCUT2D eigenvalue weighted by atomic mass is 10.0. The summed E-state index contributed by atoms with van der Waals surface area (Å²) in [6.07, 6.45) is 2.41. The SMILES string of the molecule is CCC1CN(c2ccccc2)C(CC)CN1. The number of nitrogens with one attached hydrogen (secondary N) is 1. The van der Waals surface area contributed by atoms with Gasteiger partial charge in [-0.15, -0.1) is 0 Å². The Morgan fingerprint density at radius 1 is 1.19 bits per heavy atom. The number of anilines is 1. The van der Waals surface area contributed by atoms with Gasteiger partial charge in [-0.2, -0.15) is 0 Å². The molecule has 1 aromatic rings. The molecular weight excluding hydrogens is 196 g/mol. The average molecular weight is 218 g/mol. The van der Waals surface area contributed by atoms with E-state index in [1.54, 1.807) is 0 Å². The summed E-state index contributed by atoms with van der Waals surface area (Å²) in [6.45, 7) is 6.78. The summed E-state index contributed by atoms with van der Waals surface area (Å²) in [4.78, 5) is 2.56. The first-order chi connectivity index (χ1) is 7.85. The molecule has 1 fully saturated rings. The van der Waals surface area contributed by atoms with Gasteiger partial charge in [0, 0.05) is 30.9 Å². The van der Waals surface area contributed by atoms with Gasteiger partial charge >= 0.3 is 0 Å². The van der Waals surface area contributed by atoms with Crippen LogP contribution in [0.5, 0.6) is 0 Å². The van der Waals surface area contributed by atoms with E-state index in [1.807, 2.05) is 0 Å². The fraction of sp³-hybridized carbons (Fsp3) is 0.571. The highest BCUT2D eigenvalue weighted by atomic mass is 15.2. The summed E-state index contributed by atoms with van der Waals surface area (Å²) < 4.78 is 0. The Bertz CT molecular complexity index is 310. The lowest BCUT2D eigenvalue weighted by molar-refractivity contribution is 0.379. The van der Waals surface area contributed by atoms with Gasteiger partial charge in [0.1, 0.15) is 0 Å². The molecule has 0 aromatic heterocycles. The Morgan fingerprint density at radius 3 is 2.56 bits per heavy atom. The van der Waals surface area contributed by atoms with Crippen LogP contribution in [0.15, 0.2) is 30.3 Å². The average Bonchev–Trinajstić information content (AvgIpc) is 2.39. The fourth-order valence-electron chi connectivity index (χ4n) is 2.44. The zero-order chi connectivity index (χ0) is 11.4. The second kappa shape index (κ2) is 5.35. The Kier molecular flexibility index (Phi) is 3.83. The summed E-state index contributed by atoms with van der Waals surface area (Å²) in [5, 5.41) is 3.63. The fourth-order valence-corrected chi connectivity index (χ4v) is 2.44. The normalized spacial score (nSPS) is 25.8. The third-order valence-electron chi connectivity index (χ3n) is 3.55. The van der Waals surface area contributed by atoms with Crippen molar-refractivity contribution in [3.63, 3.8) is 0 Å². The number of piperazine rings is 1. The molecule has 0 spiro atoms. The van der Waals surface area contributed by atoms with Gasteiger partial charge in [0.15, 0.2) is 0 Å². The molecule has 88 valence electrons. The van der Waals surface area contributed by atoms with Gasteiger partial charge in [-0.25, -0.2) is 0 Å². The van der Waals surface area contributed by atoms with Crippen molar-refractivity contribution in [1.82, 2.24) is 5.32 Å². The Hall–Kier alpha value is -1.02. The van der Waals surface area contributed by atoms with Crippen molar-refractivity contribution in [2.45, 2.75) is 38.8 Å². The van der Waals surface area contributed by atoms with E-state index in [0.717, 1.165) is 13.1 Å². The van der Waals surface area contributed by atoms with Gasteiger partial charge in [0.25, 0.3) is 0 Å². The van der Waals surface area contributed by atoms with E-state index in [9.17, 15) is 0 Å². The molecule has 1 saturated heterocycles. The Labute approximate surface area is 98.7 Å². The van der Waals surface area contributed by atoms with Crippen molar-refractivity contribution >= 4 is 5.69 Å². The highest BCUT2D eigenvalue weighted by Gasteiger charge is 2.25. The maximum Gasteiger partial charge on any atom is 0.0412 e. The third-order valence-corrected chi connectivity index (χ3v) is 3.55. The molecule has 0 radical (unpaired) electrons. The number of nitrogens with zero attached hydrogens (tertiary/aromatic N) is 1. The molecule has 0 amide bonds. The molecule has 16 heavy (non-hydrogen) atoms. The Morgan fingerprint density at radius 2 is 1.94 bits per heavy atom. The summed E-state index contributed by atoms with van der Waals surface area (Å²) >= 11 is 0. The molecule has 2 atom stereocenters. The van der Waals surface area contributed by atoms with Crippen LogP contribution in [0.25, 0.3) is 0 Å². The van der Waals surface area contributed by atoms with Crippen LogP contribution in [-0.2, 0) is 0 Å². The van der Waals surface area contributed by atoms with Crippen molar-refractivity contribution in [2.24, 2.45) is 0 Å². The van der Waals surface area contributed by atoms with Crippen LogP contribution in [-0.4, -0.2) is 25.2 Å². The van der Waals surface area contributed by atoms with Crippen molar-refractivity contribution in [1.29, 1.82) is 0 Å². The Balaban J connectivity index is 2.15. The highest BCUT2D eigenvalue weighted by molar-refractivity contribution is 5.48. The largest absolute Gasteiger partial charge is 0.366 e. The predicted molar refractivity (Wildman–Crippen MR) is 69.9 cm³/mol. The van der Waals surface area contributed by atoms with Gasteiger partial charge < -0.3 is 10.2 Å². The molecule has 1 aromatic carbocycles. The molecule has 1 N–H and O–H groups in total. The summed E-state index contributed by atoms with van der Waals surface area (Å²) in [5.74, 6) is 0. The molecule has 0 aliphatic carbocycles. The predicted octanol–water partition coefficient (Wildman–Crippen LogP) is 2.65. The van der Waals surface area contributed by atoms with E-state index < -0.39 is 0 Å². The summed E-state index contributed by atoms with van der Waals surface area (Å²) in [7, 11) is 0. The van der Waals surface area contributed by atoms with Crippen LogP contribution >= 0.6 is 0 Å². The molecule has 2 unspecified atom stereocenters. The van der Waals surface area contributed by atoms with Gasteiger partial charge in [-0.1, -0.05) is 32.0 Å². The smallest absolute Gasteiger partial charge is 0.0412 e. The van der Waals surface area contributed by atoms with Crippen LogP contribution < -0.4 is 10.2 Å². The van der Waals surface area contributed by atoms with Crippen LogP contribution in [0.4, 0.5) is 5.69 Å². The standard InChI is InChI=1S/C14H22N2/c1-3-12-11-16(13(4-2)10-15-12)14-8-6-5-7-9-14/h5-9,12-13,15H,3-4,10-11H2,1-2H3. The van der Waals surface area contributed by atoms with Gasteiger partial charge in [-0.05, 0) is 25.0 Å². The summed E-state index contributed by atoms with van der Waals surface area (Å²) in [5.41, 5.74) is 1.37. The van der Waals surface area contributed by atoms with Gasteiger partial charge in [0.05, 0.1) is 0 Å². The molecular formula is C14H22N2. The topological polar surface area (TPSA) is 15.3 Å². The zero-order valence-electron chi connectivity index (χ0n) is 10.3. The van der Waals surface area contributed by atoms with E-state index in [0.29, 0.717) is 12.1 Å².